The average Bonchev–Trinajstić information content (AvgIpc) is 3.22. The van der Waals surface area contributed by atoms with E-state index < -0.39 is 17.8 Å². The van der Waals surface area contributed by atoms with Crippen LogP contribution in [0.1, 0.15) is 67.2 Å². The number of hydrogen-bond donors (Lipinski definition) is 1. The van der Waals surface area contributed by atoms with Crippen LogP contribution in [0.5, 0.6) is 0 Å². The Kier molecular flexibility index (Phi) is 6.86. The molecule has 1 aliphatic carbocycles. The molecule has 0 aromatic carbocycles. The van der Waals surface area contributed by atoms with Crippen molar-refractivity contribution in [1.29, 1.82) is 0 Å². The van der Waals surface area contributed by atoms with Gasteiger partial charge in [-0.25, -0.2) is 0 Å². The Bertz CT molecular complexity index is 614. The molecule has 26 heavy (non-hydrogen) atoms. The van der Waals surface area contributed by atoms with Crippen molar-refractivity contribution >= 4 is 5.97 Å². The molecule has 0 amide bonds. The lowest BCUT2D eigenvalue weighted by Gasteiger charge is -2.30. The fourth-order valence-corrected chi connectivity index (χ4v) is 3.62. The van der Waals surface area contributed by atoms with Gasteiger partial charge in [0.1, 0.15) is 11.7 Å². The third-order valence-corrected chi connectivity index (χ3v) is 5.53. The minimum atomic E-state index is -0.883. The van der Waals surface area contributed by atoms with Crippen molar-refractivity contribution in [2.24, 2.45) is 5.92 Å². The van der Waals surface area contributed by atoms with Gasteiger partial charge in [0.2, 0.25) is 0 Å². The van der Waals surface area contributed by atoms with Gasteiger partial charge in [-0.2, -0.15) is 0 Å². The van der Waals surface area contributed by atoms with Gasteiger partial charge in [0.25, 0.3) is 0 Å². The Hall–Kier alpha value is -1.39. The fraction of sp³-hybridized carbons (Fsp3) is 0.682. The Labute approximate surface area is 158 Å². The number of allylic oxidation sites excluding steroid dienone is 5. The largest absolute Gasteiger partial charge is 0.455 e. The van der Waals surface area contributed by atoms with Gasteiger partial charge >= 0.3 is 5.97 Å². The minimum Gasteiger partial charge on any atom is -0.455 e. The van der Waals surface area contributed by atoms with E-state index in [0.717, 1.165) is 31.3 Å². The Morgan fingerprint density at radius 1 is 1.27 bits per heavy atom. The van der Waals surface area contributed by atoms with Gasteiger partial charge in [0.15, 0.2) is 6.10 Å². The summed E-state index contributed by atoms with van der Waals surface area (Å²) < 4.78 is 11.5. The van der Waals surface area contributed by atoms with Gasteiger partial charge in [-0.15, -0.1) is 0 Å². The number of aliphatic hydroxyl groups excluding tert-OH is 1. The van der Waals surface area contributed by atoms with E-state index in [9.17, 15) is 9.90 Å². The second-order valence-electron chi connectivity index (χ2n) is 8.23. The molecule has 146 valence electrons. The number of rotatable bonds is 2. The molecule has 4 nitrogen and oxygen atoms in total. The maximum absolute atomic E-state index is 11.7. The van der Waals surface area contributed by atoms with E-state index in [1.165, 1.54) is 18.1 Å². The van der Waals surface area contributed by atoms with Gasteiger partial charge in [-0.1, -0.05) is 43.2 Å². The number of hydrogen-bond acceptors (Lipinski definition) is 4. The predicted molar refractivity (Wildman–Crippen MR) is 104 cm³/mol. The predicted octanol–water partition coefficient (Wildman–Crippen LogP) is 4.49. The van der Waals surface area contributed by atoms with Crippen LogP contribution in [0.15, 0.2) is 34.9 Å². The maximum Gasteiger partial charge on any atom is 0.303 e. The van der Waals surface area contributed by atoms with Gasteiger partial charge < -0.3 is 14.6 Å². The van der Waals surface area contributed by atoms with Crippen LogP contribution in [-0.4, -0.2) is 35.0 Å². The van der Waals surface area contributed by atoms with Crippen LogP contribution in [0, 0.1) is 5.92 Å². The van der Waals surface area contributed by atoms with Crippen molar-refractivity contribution in [2.75, 3.05) is 0 Å². The Morgan fingerprint density at radius 3 is 2.58 bits per heavy atom. The van der Waals surface area contributed by atoms with Crippen LogP contribution < -0.4 is 0 Å². The summed E-state index contributed by atoms with van der Waals surface area (Å²) in [6, 6.07) is 0. The molecule has 1 N–H and O–H groups in total. The first kappa shape index (κ1) is 20.9. The van der Waals surface area contributed by atoms with Crippen LogP contribution in [0.25, 0.3) is 0 Å². The lowest BCUT2D eigenvalue weighted by atomic mass is 9.85. The molecule has 1 saturated heterocycles. The smallest absolute Gasteiger partial charge is 0.303 e. The van der Waals surface area contributed by atoms with Crippen LogP contribution in [0.2, 0.25) is 0 Å². The zero-order valence-corrected chi connectivity index (χ0v) is 17.0. The van der Waals surface area contributed by atoms with Crippen molar-refractivity contribution in [1.82, 2.24) is 0 Å². The Morgan fingerprint density at radius 2 is 1.96 bits per heavy atom. The van der Waals surface area contributed by atoms with Crippen molar-refractivity contribution in [3.63, 3.8) is 0 Å². The summed E-state index contributed by atoms with van der Waals surface area (Å²) in [6.07, 6.45) is 8.67. The number of aliphatic hydroxyl groups is 1. The topological polar surface area (TPSA) is 59.1 Å². The first-order valence-electron chi connectivity index (χ1n) is 9.71. The van der Waals surface area contributed by atoms with E-state index in [0.29, 0.717) is 0 Å². The highest BCUT2D eigenvalue weighted by Crippen LogP contribution is 2.45. The normalized spacial score (nSPS) is 35.4. The summed E-state index contributed by atoms with van der Waals surface area (Å²) in [5.41, 5.74) is 2.88. The summed E-state index contributed by atoms with van der Waals surface area (Å²) in [4.78, 5) is 11.7. The fourth-order valence-electron chi connectivity index (χ4n) is 3.62. The number of esters is 1. The van der Waals surface area contributed by atoms with E-state index in [-0.39, 0.29) is 18.0 Å². The Balaban J connectivity index is 2.40. The number of carbonyl (C=O) groups excluding carboxylic acids is 1. The molecule has 0 aromatic rings. The zero-order valence-electron chi connectivity index (χ0n) is 17.0. The molecule has 0 saturated carbocycles. The zero-order chi connectivity index (χ0) is 19.5. The van der Waals surface area contributed by atoms with Crippen molar-refractivity contribution < 1.29 is 19.4 Å². The van der Waals surface area contributed by atoms with Gasteiger partial charge in [0, 0.05) is 6.92 Å². The lowest BCUT2D eigenvalue weighted by Crippen LogP contribution is -2.44. The molecule has 4 atom stereocenters. The molecule has 0 spiro atoms. The number of ether oxygens (including phenoxy) is 2. The summed E-state index contributed by atoms with van der Waals surface area (Å²) >= 11 is 0. The van der Waals surface area contributed by atoms with Crippen molar-refractivity contribution in [3.8, 4) is 0 Å². The highest BCUT2D eigenvalue weighted by molar-refractivity contribution is 5.66. The monoisotopic (exact) mass is 362 g/mol. The lowest BCUT2D eigenvalue weighted by molar-refractivity contribution is -0.152. The quantitative estimate of drug-likeness (QED) is 0.447. The van der Waals surface area contributed by atoms with Crippen molar-refractivity contribution in [3.05, 3.63) is 34.9 Å². The molecular weight excluding hydrogens is 328 g/mol. The molecule has 0 unspecified atom stereocenters. The number of fused-ring (bicyclic) bond motifs is 1. The molecule has 2 rings (SSSR count). The second kappa shape index (κ2) is 8.53. The highest BCUT2D eigenvalue weighted by Gasteiger charge is 2.60. The molecular formula is C22H34O4. The summed E-state index contributed by atoms with van der Waals surface area (Å²) in [5.74, 6) is -0.240. The molecule has 0 radical (unpaired) electrons. The van der Waals surface area contributed by atoms with Crippen LogP contribution in [0.3, 0.4) is 0 Å². The van der Waals surface area contributed by atoms with E-state index in [2.05, 4.69) is 39.8 Å². The third-order valence-electron chi connectivity index (χ3n) is 5.53. The first-order valence-corrected chi connectivity index (χ1v) is 9.71. The molecule has 2 aliphatic rings. The van der Waals surface area contributed by atoms with Crippen LogP contribution in [0.4, 0.5) is 0 Å². The second-order valence-corrected chi connectivity index (χ2v) is 8.23. The molecule has 4 heteroatoms. The van der Waals surface area contributed by atoms with E-state index in [1.807, 2.05) is 13.0 Å². The minimum absolute atomic E-state index is 0.00691. The average molecular weight is 363 g/mol. The van der Waals surface area contributed by atoms with Gasteiger partial charge in [-0.05, 0) is 57.9 Å². The maximum atomic E-state index is 11.7. The number of epoxide rings is 1. The summed E-state index contributed by atoms with van der Waals surface area (Å²) in [6.45, 7) is 11.7. The van der Waals surface area contributed by atoms with E-state index in [4.69, 9.17) is 9.47 Å². The van der Waals surface area contributed by atoms with Crippen molar-refractivity contribution in [2.45, 2.75) is 91.1 Å². The van der Waals surface area contributed by atoms with Gasteiger partial charge in [0.05, 0.1) is 6.10 Å². The molecule has 0 bridgehead atoms. The molecule has 1 aliphatic heterocycles. The van der Waals surface area contributed by atoms with Gasteiger partial charge in [-0.3, -0.25) is 4.79 Å². The van der Waals surface area contributed by atoms with Crippen LogP contribution >= 0.6 is 0 Å². The summed E-state index contributed by atoms with van der Waals surface area (Å²) in [5, 5.41) is 11.1. The molecule has 1 fully saturated rings. The number of carbonyl (C=O) groups is 1. The van der Waals surface area contributed by atoms with E-state index >= 15 is 0 Å². The first-order chi connectivity index (χ1) is 12.1. The standard InChI is InChI=1S/C22H34O4/c1-14(2)18-12-10-15(3)8-7-9-16(4)11-13-19-22(6,26-19)21(24)20(18)25-17(5)23/h9-10,12,14,19-21,24H,7-8,11,13H2,1-6H3/b15-10?,16-9-,18-12?/t19-,20+,21-,22-/m0/s1. The third kappa shape index (κ3) is 5.08. The van der Waals surface area contributed by atoms with Crippen LogP contribution in [-0.2, 0) is 14.3 Å². The molecule has 0 aromatic heterocycles. The SMILES string of the molecule is CC(=O)O[C@@H]1C(C(C)C)=CC=C(C)CC/C=C(/C)CC[C@@H]2O[C@]2(C)[C@H]1O. The van der Waals surface area contributed by atoms with E-state index in [1.54, 1.807) is 0 Å². The summed E-state index contributed by atoms with van der Waals surface area (Å²) in [7, 11) is 0. The highest BCUT2D eigenvalue weighted by atomic mass is 16.6. The molecule has 1 heterocycles.